The molecule has 0 unspecified atom stereocenters. The van der Waals surface area contributed by atoms with Crippen LogP contribution in [-0.2, 0) is 4.79 Å². The van der Waals surface area contributed by atoms with Crippen molar-refractivity contribution < 1.29 is 9.18 Å². The number of carbonyl (C=O) groups is 1. The van der Waals surface area contributed by atoms with Crippen LogP contribution >= 0.6 is 15.9 Å². The van der Waals surface area contributed by atoms with Gasteiger partial charge >= 0.3 is 0 Å². The first kappa shape index (κ1) is 8.62. The summed E-state index contributed by atoms with van der Waals surface area (Å²) >= 11 is 3.11. The molecule has 0 spiro atoms. The van der Waals surface area contributed by atoms with E-state index in [0.717, 1.165) is 0 Å². The van der Waals surface area contributed by atoms with Crippen LogP contribution in [0, 0.1) is 5.82 Å². The molecule has 1 aliphatic rings. The third kappa shape index (κ3) is 1.56. The molecule has 0 atom stereocenters. The summed E-state index contributed by atoms with van der Waals surface area (Å²) in [4.78, 5) is 16.1. The van der Waals surface area contributed by atoms with E-state index in [1.165, 1.54) is 12.3 Å². The van der Waals surface area contributed by atoms with Gasteiger partial charge in [-0.25, -0.2) is 9.37 Å². The second-order valence-corrected chi connectivity index (χ2v) is 3.77. The molecule has 1 saturated heterocycles. The zero-order valence-electron chi connectivity index (χ0n) is 6.63. The van der Waals surface area contributed by atoms with Crippen LogP contribution in [0.15, 0.2) is 16.7 Å². The fourth-order valence-electron chi connectivity index (χ4n) is 1.17. The van der Waals surface area contributed by atoms with Gasteiger partial charge in [0.25, 0.3) is 0 Å². The highest BCUT2D eigenvalue weighted by Crippen LogP contribution is 2.22. The summed E-state index contributed by atoms with van der Waals surface area (Å²) in [5, 5.41) is 0. The molecular weight excluding hydrogens is 239 g/mol. The zero-order valence-corrected chi connectivity index (χ0v) is 8.21. The Morgan fingerprint density at radius 1 is 1.54 bits per heavy atom. The van der Waals surface area contributed by atoms with Gasteiger partial charge in [0, 0.05) is 10.7 Å². The highest BCUT2D eigenvalue weighted by Gasteiger charge is 2.26. The first-order chi connectivity index (χ1) is 6.16. The van der Waals surface area contributed by atoms with Gasteiger partial charge in [0.1, 0.15) is 0 Å². The fraction of sp³-hybridized carbons (Fsp3) is 0.250. The summed E-state index contributed by atoms with van der Waals surface area (Å²) in [6.07, 6.45) is 1.52. The lowest BCUT2D eigenvalue weighted by Gasteiger charge is -2.30. The molecule has 0 radical (unpaired) electrons. The van der Waals surface area contributed by atoms with Crippen LogP contribution in [0.2, 0.25) is 0 Å². The lowest BCUT2D eigenvalue weighted by Crippen LogP contribution is -2.48. The highest BCUT2D eigenvalue weighted by molar-refractivity contribution is 9.10. The van der Waals surface area contributed by atoms with Gasteiger partial charge < -0.3 is 4.90 Å². The largest absolute Gasteiger partial charge is 0.339 e. The van der Waals surface area contributed by atoms with Gasteiger partial charge in [-0.05, 0) is 22.0 Å². The van der Waals surface area contributed by atoms with Crippen LogP contribution in [0.4, 0.5) is 10.2 Å². The maximum absolute atomic E-state index is 13.2. The van der Waals surface area contributed by atoms with Gasteiger partial charge in [0.2, 0.25) is 0 Å². The van der Waals surface area contributed by atoms with Crippen molar-refractivity contribution in [2.75, 3.05) is 18.0 Å². The number of hydrogen-bond donors (Lipinski definition) is 0. The van der Waals surface area contributed by atoms with Crippen molar-refractivity contribution in [3.8, 4) is 0 Å². The summed E-state index contributed by atoms with van der Waals surface area (Å²) < 4.78 is 13.8. The molecule has 0 saturated carbocycles. The van der Waals surface area contributed by atoms with Crippen molar-refractivity contribution in [1.82, 2.24) is 4.98 Å². The van der Waals surface area contributed by atoms with Crippen molar-refractivity contribution in [3.63, 3.8) is 0 Å². The summed E-state index contributed by atoms with van der Waals surface area (Å²) in [6.45, 7) is 0.539. The third-order valence-electron chi connectivity index (χ3n) is 1.82. The maximum Gasteiger partial charge on any atom is 0.171 e. The van der Waals surface area contributed by atoms with E-state index in [9.17, 15) is 9.18 Å². The Hall–Kier alpha value is -0.970. The SMILES string of the molecule is O=C1CN(c2ncc(Br)cc2F)C1. The van der Waals surface area contributed by atoms with E-state index in [1.807, 2.05) is 0 Å². The van der Waals surface area contributed by atoms with E-state index in [4.69, 9.17) is 0 Å². The Kier molecular flexibility index (Phi) is 2.03. The van der Waals surface area contributed by atoms with E-state index in [-0.39, 0.29) is 24.7 Å². The van der Waals surface area contributed by atoms with E-state index >= 15 is 0 Å². The van der Waals surface area contributed by atoms with Crippen LogP contribution in [0.3, 0.4) is 0 Å². The first-order valence-corrected chi connectivity index (χ1v) is 4.54. The number of carbonyl (C=O) groups excluding carboxylic acids is 1. The average Bonchev–Trinajstić information content (AvgIpc) is 2.00. The molecule has 2 heterocycles. The second-order valence-electron chi connectivity index (χ2n) is 2.85. The molecule has 68 valence electrons. The van der Waals surface area contributed by atoms with Gasteiger partial charge in [0.15, 0.2) is 17.4 Å². The van der Waals surface area contributed by atoms with Gasteiger partial charge in [-0.3, -0.25) is 4.79 Å². The number of Topliss-reactive ketones (excluding diaryl/α,β-unsaturated/α-hetero) is 1. The monoisotopic (exact) mass is 244 g/mol. The maximum atomic E-state index is 13.2. The predicted molar refractivity (Wildman–Crippen MR) is 49.1 cm³/mol. The minimum atomic E-state index is -0.401. The second kappa shape index (κ2) is 3.06. The molecule has 0 aliphatic carbocycles. The number of pyridine rings is 1. The number of aromatic nitrogens is 1. The fourth-order valence-corrected chi connectivity index (χ4v) is 1.47. The Balaban J connectivity index is 2.26. The number of anilines is 1. The van der Waals surface area contributed by atoms with Gasteiger partial charge in [-0.1, -0.05) is 0 Å². The van der Waals surface area contributed by atoms with E-state index in [1.54, 1.807) is 4.90 Å². The number of nitrogens with zero attached hydrogens (tertiary/aromatic N) is 2. The molecule has 0 aromatic carbocycles. The zero-order chi connectivity index (χ0) is 9.42. The van der Waals surface area contributed by atoms with Gasteiger partial charge in [-0.2, -0.15) is 0 Å². The lowest BCUT2D eigenvalue weighted by atomic mass is 10.2. The average molecular weight is 245 g/mol. The molecule has 0 bridgehead atoms. The third-order valence-corrected chi connectivity index (χ3v) is 2.26. The van der Waals surface area contributed by atoms with Crippen LogP contribution in [0.25, 0.3) is 0 Å². The number of hydrogen-bond acceptors (Lipinski definition) is 3. The van der Waals surface area contributed by atoms with Crippen molar-refractivity contribution in [1.29, 1.82) is 0 Å². The molecule has 0 N–H and O–H groups in total. The number of ketones is 1. The van der Waals surface area contributed by atoms with E-state index < -0.39 is 5.82 Å². The lowest BCUT2D eigenvalue weighted by molar-refractivity contribution is -0.119. The number of rotatable bonds is 1. The minimum Gasteiger partial charge on any atom is -0.339 e. The number of halogens is 2. The smallest absolute Gasteiger partial charge is 0.171 e. The van der Waals surface area contributed by atoms with Crippen LogP contribution in [0.5, 0.6) is 0 Å². The van der Waals surface area contributed by atoms with Crippen molar-refractivity contribution >= 4 is 27.5 Å². The Morgan fingerprint density at radius 2 is 2.23 bits per heavy atom. The Bertz CT molecular complexity index is 361. The summed E-state index contributed by atoms with van der Waals surface area (Å²) in [6, 6.07) is 1.34. The molecule has 3 nitrogen and oxygen atoms in total. The molecule has 5 heteroatoms. The Morgan fingerprint density at radius 3 is 2.77 bits per heavy atom. The summed E-state index contributed by atoms with van der Waals surface area (Å²) in [5.74, 6) is -0.0335. The molecule has 1 aliphatic heterocycles. The van der Waals surface area contributed by atoms with Crippen molar-refractivity contribution in [3.05, 3.63) is 22.6 Å². The highest BCUT2D eigenvalue weighted by atomic mass is 79.9. The van der Waals surface area contributed by atoms with Crippen LogP contribution in [0.1, 0.15) is 0 Å². The molecule has 0 amide bonds. The molecule has 2 rings (SSSR count). The summed E-state index contributed by atoms with van der Waals surface area (Å²) in [7, 11) is 0. The molecule has 1 aromatic heterocycles. The van der Waals surface area contributed by atoms with Gasteiger partial charge in [-0.15, -0.1) is 0 Å². The topological polar surface area (TPSA) is 33.2 Å². The van der Waals surface area contributed by atoms with Crippen LogP contribution < -0.4 is 4.90 Å². The van der Waals surface area contributed by atoms with Crippen LogP contribution in [-0.4, -0.2) is 23.9 Å². The van der Waals surface area contributed by atoms with E-state index in [2.05, 4.69) is 20.9 Å². The molecule has 13 heavy (non-hydrogen) atoms. The normalized spacial score (nSPS) is 15.8. The standard InChI is InChI=1S/C8H6BrFN2O/c9-5-1-7(10)8(11-2-5)12-3-6(13)4-12/h1-2H,3-4H2. The quantitative estimate of drug-likeness (QED) is 0.749. The van der Waals surface area contributed by atoms with Crippen molar-refractivity contribution in [2.24, 2.45) is 0 Å². The molecular formula is C8H6BrFN2O. The first-order valence-electron chi connectivity index (χ1n) is 3.74. The van der Waals surface area contributed by atoms with E-state index in [0.29, 0.717) is 4.47 Å². The van der Waals surface area contributed by atoms with Crippen molar-refractivity contribution in [2.45, 2.75) is 0 Å². The molecule has 1 aromatic rings. The minimum absolute atomic E-state index is 0.115. The summed E-state index contributed by atoms with van der Waals surface area (Å²) in [5.41, 5.74) is 0. The molecule has 1 fully saturated rings. The predicted octanol–water partition coefficient (Wildman–Crippen LogP) is 1.37. The Labute approximate surface area is 82.7 Å². The van der Waals surface area contributed by atoms with Gasteiger partial charge in [0.05, 0.1) is 13.1 Å².